The average molecular weight is 838 g/mol. The second-order valence-corrected chi connectivity index (χ2v) is 15.2. The number of hydrogen-bond donors (Lipinski definition) is 6. The molecular formula is C46H52ClN5O8. The van der Waals surface area contributed by atoms with Gasteiger partial charge in [0.05, 0.1) is 47.7 Å². The van der Waals surface area contributed by atoms with Crippen molar-refractivity contribution in [3.8, 4) is 45.6 Å². The molecule has 1 heterocycles. The van der Waals surface area contributed by atoms with E-state index in [0.29, 0.717) is 59.6 Å². The van der Waals surface area contributed by atoms with Gasteiger partial charge in [-0.25, -0.2) is 0 Å². The summed E-state index contributed by atoms with van der Waals surface area (Å²) in [5, 5.41) is 47.0. The van der Waals surface area contributed by atoms with E-state index >= 15 is 0 Å². The molecule has 5 rings (SSSR count). The second kappa shape index (κ2) is 21.5. The van der Waals surface area contributed by atoms with E-state index in [-0.39, 0.29) is 38.8 Å². The van der Waals surface area contributed by atoms with Gasteiger partial charge in [0.25, 0.3) is 5.91 Å². The van der Waals surface area contributed by atoms with Crippen molar-refractivity contribution in [1.82, 2.24) is 16.0 Å². The number of halogens is 1. The van der Waals surface area contributed by atoms with Gasteiger partial charge in [0.15, 0.2) is 0 Å². The first-order valence-corrected chi connectivity index (χ1v) is 20.0. The van der Waals surface area contributed by atoms with Gasteiger partial charge in [-0.1, -0.05) is 60.1 Å². The molecule has 4 aromatic carbocycles. The van der Waals surface area contributed by atoms with Crippen molar-refractivity contribution in [3.63, 3.8) is 0 Å². The number of nitrogens with one attached hydrogen (secondary N) is 3. The first-order valence-electron chi connectivity index (χ1n) is 19.7. The van der Waals surface area contributed by atoms with Crippen molar-refractivity contribution >= 4 is 29.7 Å². The summed E-state index contributed by atoms with van der Waals surface area (Å²) >= 11 is 6.79. The van der Waals surface area contributed by atoms with Gasteiger partial charge in [0.2, 0.25) is 0 Å². The van der Waals surface area contributed by atoms with Crippen LogP contribution < -0.4 is 30.2 Å². The first-order chi connectivity index (χ1) is 28.9. The fourth-order valence-corrected chi connectivity index (χ4v) is 7.10. The minimum absolute atomic E-state index is 0.0322. The molecule has 0 bridgehead atoms. The lowest BCUT2D eigenvalue weighted by atomic mass is 9.89. The zero-order valence-electron chi connectivity index (χ0n) is 34.3. The summed E-state index contributed by atoms with van der Waals surface area (Å²) in [6, 6.07) is 23.5. The molecule has 0 fully saturated rings. The van der Waals surface area contributed by atoms with Crippen molar-refractivity contribution in [2.45, 2.75) is 46.4 Å². The Bertz CT molecular complexity index is 2270. The van der Waals surface area contributed by atoms with Gasteiger partial charge < -0.3 is 45.5 Å². The van der Waals surface area contributed by atoms with Gasteiger partial charge in [-0.05, 0) is 77.9 Å². The topological polar surface area (TPSA) is 195 Å². The normalized spacial score (nSPS) is 15.1. The van der Waals surface area contributed by atoms with Crippen molar-refractivity contribution in [3.05, 3.63) is 111 Å². The van der Waals surface area contributed by atoms with Crippen LogP contribution in [0.3, 0.4) is 0 Å². The number of hydrogen-bond acceptors (Lipinski definition) is 11. The molecule has 4 aromatic rings. The molecule has 0 aliphatic carbocycles. The summed E-state index contributed by atoms with van der Waals surface area (Å²) in [6.45, 7) is 8.23. The Labute approximate surface area is 355 Å². The Kier molecular flexibility index (Phi) is 16.2. The number of aliphatic carboxylic acids is 1. The maximum absolute atomic E-state index is 12.9. The highest BCUT2D eigenvalue weighted by molar-refractivity contribution is 6.32. The number of nitriles is 1. The lowest BCUT2D eigenvalue weighted by molar-refractivity contribution is -0.139. The number of ether oxygens (including phenoxy) is 3. The molecule has 14 heteroatoms. The van der Waals surface area contributed by atoms with E-state index in [1.165, 1.54) is 0 Å². The van der Waals surface area contributed by atoms with Crippen LogP contribution in [0.15, 0.2) is 83.4 Å². The summed E-state index contributed by atoms with van der Waals surface area (Å²) in [6.07, 6.45) is 2.07. The van der Waals surface area contributed by atoms with E-state index in [2.05, 4.69) is 46.1 Å². The van der Waals surface area contributed by atoms with Crippen LogP contribution >= 0.6 is 11.6 Å². The number of carboxylic acid groups (broad SMARTS) is 1. The Morgan fingerprint density at radius 1 is 0.917 bits per heavy atom. The summed E-state index contributed by atoms with van der Waals surface area (Å²) in [5.74, 6) is -0.0402. The molecule has 13 nitrogen and oxygen atoms in total. The lowest BCUT2D eigenvalue weighted by Crippen LogP contribution is -2.28. The van der Waals surface area contributed by atoms with Crippen molar-refractivity contribution in [2.75, 3.05) is 53.0 Å². The van der Waals surface area contributed by atoms with Gasteiger partial charge in [0.1, 0.15) is 37.1 Å². The molecule has 1 unspecified atom stereocenters. The van der Waals surface area contributed by atoms with Gasteiger partial charge in [-0.3, -0.25) is 14.6 Å². The fraction of sp³-hybridized carbons (Fsp3) is 0.348. The van der Waals surface area contributed by atoms with Crippen LogP contribution in [0.25, 0.3) is 22.3 Å². The van der Waals surface area contributed by atoms with Crippen molar-refractivity contribution in [1.29, 1.82) is 5.26 Å². The number of aliphatic imine (C=N–C) groups is 1. The Morgan fingerprint density at radius 3 is 2.38 bits per heavy atom. The smallest absolute Gasteiger partial charge is 0.306 e. The number of carboxylic acids is 1. The molecule has 0 saturated carbocycles. The number of aliphatic hydroxyl groups is 2. The van der Waals surface area contributed by atoms with Crippen molar-refractivity contribution < 1.29 is 39.1 Å². The highest BCUT2D eigenvalue weighted by Crippen LogP contribution is 2.38. The molecule has 0 radical (unpaired) electrons. The predicted octanol–water partition coefficient (Wildman–Crippen LogP) is 6.03. The summed E-state index contributed by atoms with van der Waals surface area (Å²) in [4.78, 5) is 28.3. The molecule has 2 atom stereocenters. The summed E-state index contributed by atoms with van der Waals surface area (Å²) in [5.41, 5.74) is 7.93. The van der Waals surface area contributed by atoms with Crippen LogP contribution in [-0.4, -0.2) is 92.6 Å². The number of carbonyl (C=O) groups excluding carboxylic acids is 1. The molecule has 1 aliphatic rings. The maximum atomic E-state index is 12.9. The molecule has 1 aliphatic heterocycles. The first kappa shape index (κ1) is 45.3. The number of carbonyl (C=O) groups is 2. The van der Waals surface area contributed by atoms with Gasteiger partial charge in [-0.2, -0.15) is 5.26 Å². The van der Waals surface area contributed by atoms with Gasteiger partial charge >= 0.3 is 5.97 Å². The highest BCUT2D eigenvalue weighted by atomic mass is 35.5. The predicted molar refractivity (Wildman–Crippen MR) is 232 cm³/mol. The minimum atomic E-state index is -1.10. The number of benzene rings is 4. The van der Waals surface area contributed by atoms with Crippen LogP contribution in [0.1, 0.15) is 46.0 Å². The van der Waals surface area contributed by atoms with Gasteiger partial charge in [-0.15, -0.1) is 0 Å². The zero-order valence-corrected chi connectivity index (χ0v) is 35.1. The molecular weight excluding hydrogens is 786 g/mol. The molecule has 316 valence electrons. The van der Waals surface area contributed by atoms with E-state index in [1.54, 1.807) is 25.4 Å². The zero-order chi connectivity index (χ0) is 43.2. The minimum Gasteiger partial charge on any atom is -0.491 e. The number of amides is 1. The van der Waals surface area contributed by atoms with Gasteiger partial charge in [0, 0.05) is 56.6 Å². The Balaban J connectivity index is 1.38. The maximum Gasteiger partial charge on any atom is 0.306 e. The third kappa shape index (κ3) is 11.9. The van der Waals surface area contributed by atoms with Crippen molar-refractivity contribution in [2.24, 2.45) is 10.4 Å². The number of nitrogens with zero attached hydrogens (tertiary/aromatic N) is 2. The van der Waals surface area contributed by atoms with Crippen LogP contribution in [0.2, 0.25) is 5.02 Å². The quantitative estimate of drug-likeness (QED) is 0.0537. The van der Waals surface area contributed by atoms with E-state index in [9.17, 15) is 20.0 Å². The molecule has 0 saturated heterocycles. The van der Waals surface area contributed by atoms with Crippen LogP contribution in [0.5, 0.6) is 17.2 Å². The van der Waals surface area contributed by atoms with Crippen LogP contribution in [-0.2, 0) is 17.9 Å². The third-order valence-electron chi connectivity index (χ3n) is 10.1. The van der Waals surface area contributed by atoms with E-state index < -0.39 is 23.9 Å². The molecule has 60 heavy (non-hydrogen) atoms. The van der Waals surface area contributed by atoms with E-state index in [4.69, 9.17) is 36.0 Å². The molecule has 6 N–H and O–H groups in total. The standard InChI is InChI=1S/C46H52ClN5O8/c1-29-33(7-5-9-37(29)38-10-6-8-36(30(38)2)32-11-12-41(39(17-32)45(57)49-4)58-16-14-50-13-15-53)26-60-43-20-42(59-25-31-21-46(3,27-48)28-52-22-31)34(18-40(43)47)23-51-24-35(54)19-44(55)56/h5-12,17-18,20-22,35,50-51,53-54H,13-16,19,23-26,28H2,1-4H3,(H,49,57)(H,55,56)/t35-,46?/m0/s1. The highest BCUT2D eigenvalue weighted by Gasteiger charge is 2.24. The summed E-state index contributed by atoms with van der Waals surface area (Å²) in [7, 11) is 1.58. The second-order valence-electron chi connectivity index (χ2n) is 14.7. The van der Waals surface area contributed by atoms with Crippen LogP contribution in [0, 0.1) is 30.6 Å². The number of dihydropyridines is 1. The lowest BCUT2D eigenvalue weighted by Gasteiger charge is -2.21. The van der Waals surface area contributed by atoms with E-state index in [1.807, 2.05) is 62.4 Å². The number of rotatable bonds is 21. The third-order valence-corrected chi connectivity index (χ3v) is 10.4. The number of aliphatic hydroxyl groups excluding tert-OH is 2. The summed E-state index contributed by atoms with van der Waals surface area (Å²) < 4.78 is 18.6. The Morgan fingerprint density at radius 2 is 1.65 bits per heavy atom. The average Bonchev–Trinajstić information content (AvgIpc) is 3.23. The SMILES string of the molecule is CNC(=O)c1cc(-c2cccc(-c3cccc(COc4cc(OCC5=CC(C)(C#N)CN=C5)c(CNC[C@@H](O)CC(=O)O)cc4Cl)c3C)c2C)ccc1OCCNCCO. The monoisotopic (exact) mass is 837 g/mol. The largest absolute Gasteiger partial charge is 0.491 e. The molecule has 0 spiro atoms. The van der Waals surface area contributed by atoms with Crippen LogP contribution in [0.4, 0.5) is 0 Å². The molecule has 0 aromatic heterocycles. The molecule has 1 amide bonds. The fourth-order valence-electron chi connectivity index (χ4n) is 6.86. The Hall–Kier alpha value is -5.75. The van der Waals surface area contributed by atoms with E-state index in [0.717, 1.165) is 44.5 Å².